The van der Waals surface area contributed by atoms with Crippen LogP contribution in [-0.2, 0) is 5.66 Å². The van der Waals surface area contributed by atoms with Gasteiger partial charge in [0.2, 0.25) is 0 Å². The first-order valence-corrected chi connectivity index (χ1v) is 19.8. The Labute approximate surface area is 301 Å². The number of benzene rings is 4. The third-order valence-corrected chi connectivity index (χ3v) is 14.2. The fraction of sp³-hybridized carbons (Fsp3) is 0.277. The summed E-state index contributed by atoms with van der Waals surface area (Å²) < 4.78 is 17.9. The molecular weight excluding hydrogens is 637 g/mol. The SMILES string of the molecule is c1ccc2c(c1)c1ccc3c4c1n2-c1cc(C2CCCCC2)cc2[n+]1C41c4c(ccc5c6ccccc6n(c45)-c4cc(C5CCCCC5)cc-2[n+]41)O3. The largest absolute Gasteiger partial charge is 0.456 e. The van der Waals surface area contributed by atoms with Gasteiger partial charge in [-0.1, -0.05) is 62.8 Å². The van der Waals surface area contributed by atoms with Crippen molar-refractivity contribution >= 4 is 43.6 Å². The van der Waals surface area contributed by atoms with Crippen molar-refractivity contribution in [1.29, 1.82) is 0 Å². The van der Waals surface area contributed by atoms with Crippen LogP contribution < -0.4 is 13.9 Å². The van der Waals surface area contributed by atoms with E-state index in [1.807, 2.05) is 0 Å². The van der Waals surface area contributed by atoms with Crippen molar-refractivity contribution < 1.29 is 13.9 Å². The number of para-hydroxylation sites is 2. The monoisotopic (exact) mass is 674 g/mol. The molecule has 5 heteroatoms. The van der Waals surface area contributed by atoms with E-state index in [2.05, 4.69) is 115 Å². The first-order chi connectivity index (χ1) is 25.8. The van der Waals surface area contributed by atoms with Crippen molar-refractivity contribution in [3.05, 3.63) is 119 Å². The minimum atomic E-state index is -0.623. The van der Waals surface area contributed by atoms with Gasteiger partial charge in [-0.15, -0.1) is 0 Å². The molecule has 0 atom stereocenters. The van der Waals surface area contributed by atoms with Crippen LogP contribution in [0.5, 0.6) is 11.5 Å². The van der Waals surface area contributed by atoms with Crippen LogP contribution in [0.25, 0.3) is 66.6 Å². The second kappa shape index (κ2) is 9.14. The molecule has 2 saturated carbocycles. The molecule has 8 heterocycles. The minimum Gasteiger partial charge on any atom is -0.456 e. The molecule has 4 aromatic heterocycles. The van der Waals surface area contributed by atoms with Crippen molar-refractivity contribution in [2.75, 3.05) is 0 Å². The summed E-state index contributed by atoms with van der Waals surface area (Å²) in [6.45, 7) is 0. The molecule has 0 unspecified atom stereocenters. The Morgan fingerprint density at radius 1 is 0.500 bits per heavy atom. The van der Waals surface area contributed by atoms with Gasteiger partial charge in [-0.3, -0.25) is 0 Å². The van der Waals surface area contributed by atoms with Crippen LogP contribution in [0.3, 0.4) is 0 Å². The third-order valence-electron chi connectivity index (χ3n) is 14.2. The molecule has 8 aromatic rings. The molecule has 0 bridgehead atoms. The highest BCUT2D eigenvalue weighted by atomic mass is 16.5. The summed E-state index contributed by atoms with van der Waals surface area (Å²) in [7, 11) is 0. The van der Waals surface area contributed by atoms with Crippen molar-refractivity contribution in [3.8, 4) is 34.5 Å². The van der Waals surface area contributed by atoms with Crippen LogP contribution in [0, 0.1) is 0 Å². The lowest BCUT2D eigenvalue weighted by molar-refractivity contribution is -0.934. The van der Waals surface area contributed by atoms with Crippen LogP contribution in [0.1, 0.15) is 98.3 Å². The standard InChI is InChI=1S/C47H38N4O/c1-3-11-27(12-4-1)29-23-37-38-24-30(28-13-5-2-6-14-28)26-42-49-36-18-10-8-16-32(36)34-20-22-40-44(46(34)49)47(51(38)42)43-39(52-40)21-19-33-31-15-7-9-17-35(31)48(45(33)43)41(25-29)50(37)47/h7-10,15-28H,1-6,11-14H2/q+2. The number of aromatic nitrogens is 4. The van der Waals surface area contributed by atoms with E-state index < -0.39 is 5.66 Å². The van der Waals surface area contributed by atoms with Gasteiger partial charge in [0.05, 0.1) is 0 Å². The van der Waals surface area contributed by atoms with Crippen molar-refractivity contribution in [3.63, 3.8) is 0 Å². The van der Waals surface area contributed by atoms with E-state index in [1.165, 1.54) is 153 Å². The summed E-state index contributed by atoms with van der Waals surface area (Å²) in [4.78, 5) is 0. The number of hydrogen-bond acceptors (Lipinski definition) is 1. The Balaban J connectivity index is 1.25. The number of fused-ring (bicyclic) bond motifs is 9. The highest BCUT2D eigenvalue weighted by Gasteiger charge is 2.69. The number of hydrogen-bond donors (Lipinski definition) is 0. The van der Waals surface area contributed by atoms with Crippen molar-refractivity contribution in [1.82, 2.24) is 9.13 Å². The Morgan fingerprint density at radius 3 is 1.44 bits per heavy atom. The molecule has 6 aliphatic rings. The number of ether oxygens (including phenoxy) is 1. The molecular formula is C47H38N4O+2. The van der Waals surface area contributed by atoms with Gasteiger partial charge in [0.25, 0.3) is 11.6 Å². The Morgan fingerprint density at radius 2 is 0.962 bits per heavy atom. The Hall–Kier alpha value is -5.42. The zero-order valence-electron chi connectivity index (χ0n) is 29.2. The topological polar surface area (TPSA) is 26.8 Å². The molecule has 0 radical (unpaired) electrons. The molecule has 0 saturated heterocycles. The summed E-state index contributed by atoms with van der Waals surface area (Å²) >= 11 is 0. The third kappa shape index (κ3) is 2.91. The number of nitrogens with zero attached hydrogens (tertiary/aromatic N) is 4. The lowest BCUT2D eigenvalue weighted by Gasteiger charge is -2.39. The van der Waals surface area contributed by atoms with Gasteiger partial charge in [0.1, 0.15) is 33.7 Å². The van der Waals surface area contributed by atoms with Crippen molar-refractivity contribution in [2.45, 2.75) is 81.7 Å². The summed E-state index contributed by atoms with van der Waals surface area (Å²) in [5.41, 5.74) is 12.8. The molecule has 2 fully saturated rings. The molecule has 4 aromatic carbocycles. The lowest BCUT2D eigenvalue weighted by atomic mass is 9.81. The first kappa shape index (κ1) is 27.3. The van der Waals surface area contributed by atoms with Crippen LogP contribution in [0.2, 0.25) is 0 Å². The van der Waals surface area contributed by atoms with Gasteiger partial charge < -0.3 is 4.74 Å². The van der Waals surface area contributed by atoms with Gasteiger partial charge in [-0.05, 0) is 109 Å². The van der Waals surface area contributed by atoms with Gasteiger partial charge in [0.15, 0.2) is 22.4 Å². The highest BCUT2D eigenvalue weighted by Crippen LogP contribution is 2.59. The lowest BCUT2D eigenvalue weighted by Crippen LogP contribution is -2.75. The molecule has 1 spiro atoms. The fourth-order valence-electron chi connectivity index (χ4n) is 12.1. The first-order valence-electron chi connectivity index (χ1n) is 19.8. The van der Waals surface area contributed by atoms with Crippen LogP contribution >= 0.6 is 0 Å². The molecule has 14 rings (SSSR count). The summed E-state index contributed by atoms with van der Waals surface area (Å²) in [5, 5.41) is 5.22. The molecule has 0 amide bonds. The van der Waals surface area contributed by atoms with E-state index in [4.69, 9.17) is 4.74 Å². The fourth-order valence-corrected chi connectivity index (χ4v) is 12.1. The van der Waals surface area contributed by atoms with Gasteiger partial charge in [-0.25, -0.2) is 0 Å². The van der Waals surface area contributed by atoms with E-state index >= 15 is 0 Å². The quantitative estimate of drug-likeness (QED) is 0.168. The predicted octanol–water partition coefficient (Wildman–Crippen LogP) is 10.6. The van der Waals surface area contributed by atoms with Gasteiger partial charge in [-0.2, -0.15) is 18.3 Å². The zero-order valence-corrected chi connectivity index (χ0v) is 29.2. The smallest absolute Gasteiger partial charge is 0.323 e. The molecule has 4 aliphatic heterocycles. The minimum absolute atomic E-state index is 0.587. The highest BCUT2D eigenvalue weighted by molar-refractivity contribution is 6.14. The molecule has 52 heavy (non-hydrogen) atoms. The summed E-state index contributed by atoms with van der Waals surface area (Å²) in [6, 6.07) is 37.7. The molecule has 5 nitrogen and oxygen atoms in total. The predicted molar refractivity (Wildman–Crippen MR) is 204 cm³/mol. The molecule has 0 N–H and O–H groups in total. The van der Waals surface area contributed by atoms with E-state index in [0.29, 0.717) is 11.8 Å². The van der Waals surface area contributed by atoms with Crippen LogP contribution in [-0.4, -0.2) is 9.13 Å². The van der Waals surface area contributed by atoms with E-state index in [1.54, 1.807) is 0 Å². The van der Waals surface area contributed by atoms with Gasteiger partial charge in [0, 0.05) is 33.7 Å². The Kier molecular flexibility index (Phi) is 4.79. The van der Waals surface area contributed by atoms with E-state index in [-0.39, 0.29) is 0 Å². The Bertz CT molecular complexity index is 2770. The van der Waals surface area contributed by atoms with E-state index in [9.17, 15) is 0 Å². The maximum Gasteiger partial charge on any atom is 0.323 e. The summed E-state index contributed by atoms with van der Waals surface area (Å²) in [6.07, 6.45) is 13.1. The zero-order chi connectivity index (χ0) is 33.4. The second-order valence-corrected chi connectivity index (χ2v) is 16.6. The van der Waals surface area contributed by atoms with E-state index in [0.717, 1.165) is 11.5 Å². The maximum absolute atomic E-state index is 7.13. The van der Waals surface area contributed by atoms with Gasteiger partial charge >= 0.3 is 5.66 Å². The maximum atomic E-state index is 7.13. The average Bonchev–Trinajstić information content (AvgIpc) is 3.83. The molecule has 2 aliphatic carbocycles. The normalized spacial score (nSPS) is 18.9. The average molecular weight is 675 g/mol. The van der Waals surface area contributed by atoms with Crippen LogP contribution in [0.15, 0.2) is 97.1 Å². The molecule has 250 valence electrons. The number of pyridine rings is 2. The number of rotatable bonds is 2. The second-order valence-electron chi connectivity index (χ2n) is 16.6. The van der Waals surface area contributed by atoms with Crippen LogP contribution in [0.4, 0.5) is 0 Å². The summed E-state index contributed by atoms with van der Waals surface area (Å²) in [5.74, 6) is 5.69. The van der Waals surface area contributed by atoms with Crippen molar-refractivity contribution in [2.24, 2.45) is 0 Å².